The van der Waals surface area contributed by atoms with E-state index in [1.807, 2.05) is 4.68 Å². The molecule has 2 heterocycles. The number of nitrogens with zero attached hydrogens (tertiary/aromatic N) is 4. The van der Waals surface area contributed by atoms with Crippen LogP contribution in [0.1, 0.15) is 45.9 Å². The van der Waals surface area contributed by atoms with Crippen molar-refractivity contribution in [2.24, 2.45) is 5.84 Å². The number of hydrogen-bond donors (Lipinski definition) is 2. The van der Waals surface area contributed by atoms with E-state index in [-0.39, 0.29) is 11.6 Å². The highest BCUT2D eigenvalue weighted by Gasteiger charge is 2.36. The maximum absolute atomic E-state index is 5.83. The molecule has 0 aliphatic carbocycles. The van der Waals surface area contributed by atoms with Gasteiger partial charge < -0.3 is 0 Å². The van der Waals surface area contributed by atoms with Gasteiger partial charge in [0.15, 0.2) is 0 Å². The molecule has 6 nitrogen and oxygen atoms in total. The van der Waals surface area contributed by atoms with Gasteiger partial charge in [0.2, 0.25) is 0 Å². The van der Waals surface area contributed by atoms with Gasteiger partial charge in [-0.05, 0) is 46.2 Å². The lowest BCUT2D eigenvalue weighted by Gasteiger charge is -2.41. The predicted octanol–water partition coefficient (Wildman–Crippen LogP) is 0.937. The Balaban J connectivity index is 2.09. The molecule has 6 heteroatoms. The van der Waals surface area contributed by atoms with Gasteiger partial charge in [-0.3, -0.25) is 20.9 Å². The highest BCUT2D eigenvalue weighted by atomic mass is 15.3. The standard InChI is InChI=1S/C14H28N6/c1-4-7-20-13(16-11-17-20)10-12(18-15)14(2,3)19-8-5-6-9-19/h11-12,18H,4-10,15H2,1-3H3. The van der Waals surface area contributed by atoms with Crippen LogP contribution in [-0.4, -0.2) is 44.3 Å². The van der Waals surface area contributed by atoms with Crippen LogP contribution in [0.25, 0.3) is 0 Å². The summed E-state index contributed by atoms with van der Waals surface area (Å²) in [6, 6.07) is 0.167. The highest BCUT2D eigenvalue weighted by Crippen LogP contribution is 2.25. The number of rotatable bonds is 7. The number of likely N-dealkylation sites (tertiary alicyclic amines) is 1. The summed E-state index contributed by atoms with van der Waals surface area (Å²) in [5.74, 6) is 6.85. The summed E-state index contributed by atoms with van der Waals surface area (Å²) in [5.41, 5.74) is 3.03. The molecule has 1 atom stereocenters. The van der Waals surface area contributed by atoms with Crippen LogP contribution in [0.5, 0.6) is 0 Å². The number of hydrazine groups is 1. The van der Waals surface area contributed by atoms with Crippen LogP contribution in [0, 0.1) is 0 Å². The first-order chi connectivity index (χ1) is 9.59. The first-order valence-corrected chi connectivity index (χ1v) is 7.67. The van der Waals surface area contributed by atoms with Crippen molar-refractivity contribution in [3.63, 3.8) is 0 Å². The average Bonchev–Trinajstić information content (AvgIpc) is 3.08. The third kappa shape index (κ3) is 3.19. The van der Waals surface area contributed by atoms with Crippen molar-refractivity contribution in [2.75, 3.05) is 13.1 Å². The van der Waals surface area contributed by atoms with Gasteiger partial charge in [-0.1, -0.05) is 6.92 Å². The predicted molar refractivity (Wildman–Crippen MR) is 80.0 cm³/mol. The van der Waals surface area contributed by atoms with E-state index < -0.39 is 0 Å². The number of hydrogen-bond acceptors (Lipinski definition) is 5. The van der Waals surface area contributed by atoms with E-state index in [0.717, 1.165) is 38.3 Å². The van der Waals surface area contributed by atoms with Crippen molar-refractivity contribution in [3.05, 3.63) is 12.2 Å². The van der Waals surface area contributed by atoms with Crippen LogP contribution in [0.3, 0.4) is 0 Å². The van der Waals surface area contributed by atoms with E-state index >= 15 is 0 Å². The Morgan fingerprint density at radius 1 is 1.40 bits per heavy atom. The van der Waals surface area contributed by atoms with E-state index in [1.165, 1.54) is 12.8 Å². The quantitative estimate of drug-likeness (QED) is 0.574. The zero-order valence-corrected chi connectivity index (χ0v) is 13.0. The van der Waals surface area contributed by atoms with E-state index in [2.05, 4.69) is 41.2 Å². The van der Waals surface area contributed by atoms with Crippen molar-refractivity contribution < 1.29 is 0 Å². The molecule has 0 spiro atoms. The third-order valence-electron chi connectivity index (χ3n) is 4.49. The SMILES string of the molecule is CCCn1ncnc1CC(NN)C(C)(C)N1CCCC1. The van der Waals surface area contributed by atoms with Crippen LogP contribution in [0.2, 0.25) is 0 Å². The van der Waals surface area contributed by atoms with E-state index in [9.17, 15) is 0 Å². The van der Waals surface area contributed by atoms with E-state index in [1.54, 1.807) is 6.33 Å². The van der Waals surface area contributed by atoms with Gasteiger partial charge in [0, 0.05) is 24.5 Å². The Bertz CT molecular complexity index is 408. The summed E-state index contributed by atoms with van der Waals surface area (Å²) in [4.78, 5) is 6.93. The van der Waals surface area contributed by atoms with E-state index in [4.69, 9.17) is 5.84 Å². The molecule has 1 fully saturated rings. The molecule has 0 amide bonds. The lowest BCUT2D eigenvalue weighted by atomic mass is 9.90. The van der Waals surface area contributed by atoms with Crippen molar-refractivity contribution >= 4 is 0 Å². The first kappa shape index (κ1) is 15.4. The first-order valence-electron chi connectivity index (χ1n) is 7.67. The zero-order chi connectivity index (χ0) is 14.6. The maximum atomic E-state index is 5.83. The second kappa shape index (κ2) is 6.65. The van der Waals surface area contributed by atoms with Crippen LogP contribution < -0.4 is 11.3 Å². The molecule has 1 unspecified atom stereocenters. The Morgan fingerprint density at radius 2 is 2.10 bits per heavy atom. The fraction of sp³-hybridized carbons (Fsp3) is 0.857. The number of nitrogens with two attached hydrogens (primary N) is 1. The lowest BCUT2D eigenvalue weighted by Crippen LogP contribution is -2.59. The molecule has 1 aromatic heterocycles. The van der Waals surface area contributed by atoms with Gasteiger partial charge in [-0.15, -0.1) is 0 Å². The zero-order valence-electron chi connectivity index (χ0n) is 13.0. The summed E-state index contributed by atoms with van der Waals surface area (Å²) in [6.45, 7) is 9.92. The summed E-state index contributed by atoms with van der Waals surface area (Å²) in [7, 11) is 0. The molecule has 0 radical (unpaired) electrons. The van der Waals surface area contributed by atoms with Crippen molar-refractivity contribution in [3.8, 4) is 0 Å². The van der Waals surface area contributed by atoms with Gasteiger partial charge in [0.1, 0.15) is 12.2 Å². The molecule has 1 aliphatic heterocycles. The number of aryl methyl sites for hydroxylation is 1. The maximum Gasteiger partial charge on any atom is 0.138 e. The van der Waals surface area contributed by atoms with Gasteiger partial charge >= 0.3 is 0 Å². The molecule has 0 saturated carbocycles. The second-order valence-corrected chi connectivity index (χ2v) is 6.17. The van der Waals surface area contributed by atoms with Gasteiger partial charge in [0.05, 0.1) is 0 Å². The van der Waals surface area contributed by atoms with Crippen LogP contribution in [-0.2, 0) is 13.0 Å². The minimum atomic E-state index is 0.0221. The van der Waals surface area contributed by atoms with Crippen molar-refractivity contribution in [2.45, 2.75) is 64.6 Å². The largest absolute Gasteiger partial charge is 0.297 e. The molecule has 3 N–H and O–H groups in total. The summed E-state index contributed by atoms with van der Waals surface area (Å²) < 4.78 is 1.99. The molecule has 0 aromatic carbocycles. The van der Waals surface area contributed by atoms with Crippen LogP contribution in [0.4, 0.5) is 0 Å². The minimum absolute atomic E-state index is 0.0221. The Morgan fingerprint density at radius 3 is 2.70 bits per heavy atom. The fourth-order valence-corrected chi connectivity index (χ4v) is 3.05. The van der Waals surface area contributed by atoms with Crippen LogP contribution in [0.15, 0.2) is 6.33 Å². The van der Waals surface area contributed by atoms with Crippen molar-refractivity contribution in [1.82, 2.24) is 25.1 Å². The normalized spacial score (nSPS) is 18.6. The summed E-state index contributed by atoms with van der Waals surface area (Å²) in [6.07, 6.45) is 6.08. The molecule has 1 aromatic rings. The van der Waals surface area contributed by atoms with Gasteiger partial charge in [-0.2, -0.15) is 5.10 Å². The van der Waals surface area contributed by atoms with Gasteiger partial charge in [-0.25, -0.2) is 4.98 Å². The highest BCUT2D eigenvalue weighted by molar-refractivity contribution is 5.00. The van der Waals surface area contributed by atoms with Crippen molar-refractivity contribution in [1.29, 1.82) is 0 Å². The summed E-state index contributed by atoms with van der Waals surface area (Å²) >= 11 is 0. The lowest BCUT2D eigenvalue weighted by molar-refractivity contribution is 0.105. The Labute approximate surface area is 121 Å². The molecular formula is C14H28N6. The third-order valence-corrected chi connectivity index (χ3v) is 4.49. The fourth-order valence-electron chi connectivity index (χ4n) is 3.05. The van der Waals surface area contributed by atoms with E-state index in [0.29, 0.717) is 0 Å². The molecule has 0 bridgehead atoms. The molecule has 1 saturated heterocycles. The summed E-state index contributed by atoms with van der Waals surface area (Å²) in [5, 5.41) is 4.30. The van der Waals surface area contributed by atoms with Crippen LogP contribution >= 0.6 is 0 Å². The molecule has 1 aliphatic rings. The average molecular weight is 280 g/mol. The molecular weight excluding hydrogens is 252 g/mol. The minimum Gasteiger partial charge on any atom is -0.297 e. The van der Waals surface area contributed by atoms with Gasteiger partial charge in [0.25, 0.3) is 0 Å². The number of aromatic nitrogens is 3. The Hall–Kier alpha value is -0.980. The number of nitrogens with one attached hydrogen (secondary N) is 1. The molecule has 114 valence electrons. The Kier molecular flexibility index (Phi) is 5.12. The second-order valence-electron chi connectivity index (χ2n) is 6.17. The topological polar surface area (TPSA) is 72.0 Å². The monoisotopic (exact) mass is 280 g/mol. The molecule has 20 heavy (non-hydrogen) atoms. The smallest absolute Gasteiger partial charge is 0.138 e. The molecule has 2 rings (SSSR count).